The largest absolute Gasteiger partial charge is 0.328 e. The highest BCUT2D eigenvalue weighted by molar-refractivity contribution is 6.17. The van der Waals surface area contributed by atoms with Crippen LogP contribution in [0.1, 0.15) is 6.42 Å². The molecule has 3 aromatic heterocycles. The van der Waals surface area contributed by atoms with Crippen molar-refractivity contribution in [2.24, 2.45) is 7.05 Å². The molecule has 3 heterocycles. The third-order valence-electron chi connectivity index (χ3n) is 5.20. The molecule has 0 aliphatic rings. The lowest BCUT2D eigenvalue weighted by molar-refractivity contribution is 0.666. The lowest BCUT2D eigenvalue weighted by Crippen LogP contribution is -2.24. The van der Waals surface area contributed by atoms with Gasteiger partial charge in [0.25, 0.3) is 5.56 Å². The summed E-state index contributed by atoms with van der Waals surface area (Å²) in [6, 6.07) is 17.7. The smallest absolute Gasteiger partial charge is 0.263 e. The van der Waals surface area contributed by atoms with Crippen molar-refractivity contribution < 1.29 is 0 Å². The zero-order valence-corrected chi connectivity index (χ0v) is 16.1. The summed E-state index contributed by atoms with van der Waals surface area (Å²) in [5, 5.41) is 10.5. The van der Waals surface area contributed by atoms with Crippen molar-refractivity contribution in [1.29, 1.82) is 0 Å². The van der Waals surface area contributed by atoms with Crippen molar-refractivity contribution >= 4 is 39.2 Å². The molecule has 0 aliphatic carbocycles. The van der Waals surface area contributed by atoms with Gasteiger partial charge in [-0.3, -0.25) is 9.36 Å². The quantitative estimate of drug-likeness (QED) is 0.437. The van der Waals surface area contributed by atoms with Crippen LogP contribution in [0.25, 0.3) is 38.8 Å². The Balaban J connectivity index is 1.99. The van der Waals surface area contributed by atoms with E-state index < -0.39 is 0 Å². The Kier molecular flexibility index (Phi) is 3.94. The normalized spacial score (nSPS) is 11.8. The summed E-state index contributed by atoms with van der Waals surface area (Å²) in [4.78, 5) is 13.6. The van der Waals surface area contributed by atoms with Crippen molar-refractivity contribution in [3.05, 3.63) is 65.0 Å². The fraction of sp³-hybridized carbons (Fsp3) is 0.190. The first-order valence-electron chi connectivity index (χ1n) is 9.19. The maximum Gasteiger partial charge on any atom is 0.263 e. The van der Waals surface area contributed by atoms with Crippen LogP contribution < -0.4 is 5.56 Å². The van der Waals surface area contributed by atoms with Crippen molar-refractivity contribution in [2.75, 3.05) is 5.88 Å². The van der Waals surface area contributed by atoms with E-state index in [1.54, 1.807) is 9.08 Å². The first kappa shape index (κ1) is 17.0. The summed E-state index contributed by atoms with van der Waals surface area (Å²) in [5.41, 5.74) is 4.01. The van der Waals surface area contributed by atoms with Gasteiger partial charge in [-0.2, -0.15) is 4.52 Å². The maximum atomic E-state index is 13.6. The number of nitrogens with zero attached hydrogens (tertiary/aromatic N) is 5. The molecule has 2 aromatic carbocycles. The third kappa shape index (κ3) is 2.31. The number of benzene rings is 2. The van der Waals surface area contributed by atoms with Gasteiger partial charge in [0.1, 0.15) is 5.69 Å². The molecule has 0 unspecified atom stereocenters. The zero-order chi connectivity index (χ0) is 19.3. The van der Waals surface area contributed by atoms with Crippen LogP contribution in [0.3, 0.4) is 0 Å². The molecule has 0 aliphatic heterocycles. The molecule has 5 rings (SSSR count). The Bertz CT molecular complexity index is 1380. The van der Waals surface area contributed by atoms with Crippen molar-refractivity contribution in [3.63, 3.8) is 0 Å². The Labute approximate surface area is 165 Å². The van der Waals surface area contributed by atoms with Crippen LogP contribution in [0.15, 0.2) is 59.4 Å². The lowest BCUT2D eigenvalue weighted by Gasteiger charge is -2.10. The fourth-order valence-electron chi connectivity index (χ4n) is 3.94. The number of fused-ring (bicyclic) bond motifs is 5. The van der Waals surface area contributed by atoms with Crippen molar-refractivity contribution in [1.82, 2.24) is 24.0 Å². The Morgan fingerprint density at radius 2 is 1.75 bits per heavy atom. The van der Waals surface area contributed by atoms with Crippen LogP contribution in [0.5, 0.6) is 0 Å². The van der Waals surface area contributed by atoms with E-state index in [-0.39, 0.29) is 5.56 Å². The summed E-state index contributed by atoms with van der Waals surface area (Å²) in [6.45, 7) is 0.512. The van der Waals surface area contributed by atoms with E-state index in [2.05, 4.69) is 10.3 Å². The van der Waals surface area contributed by atoms with Crippen LogP contribution in [0, 0.1) is 0 Å². The van der Waals surface area contributed by atoms with Gasteiger partial charge >= 0.3 is 0 Å². The third-order valence-corrected chi connectivity index (χ3v) is 5.47. The molecule has 5 aromatic rings. The number of halogens is 1. The average molecular weight is 392 g/mol. The molecular weight excluding hydrogens is 374 g/mol. The molecule has 140 valence electrons. The molecule has 0 bridgehead atoms. The summed E-state index contributed by atoms with van der Waals surface area (Å²) in [7, 11) is 1.95. The monoisotopic (exact) mass is 391 g/mol. The number of aromatic nitrogens is 5. The first-order chi connectivity index (χ1) is 13.7. The predicted molar refractivity (Wildman–Crippen MR) is 112 cm³/mol. The highest BCUT2D eigenvalue weighted by atomic mass is 35.5. The molecule has 0 atom stereocenters. The Morgan fingerprint density at radius 3 is 2.54 bits per heavy atom. The van der Waals surface area contributed by atoms with Crippen molar-refractivity contribution in [2.45, 2.75) is 13.0 Å². The summed E-state index contributed by atoms with van der Waals surface area (Å²) >= 11 is 5.95. The summed E-state index contributed by atoms with van der Waals surface area (Å²) < 4.78 is 5.56. The second kappa shape index (κ2) is 6.49. The van der Waals surface area contributed by atoms with Crippen molar-refractivity contribution in [3.8, 4) is 11.3 Å². The predicted octanol–water partition coefficient (Wildman–Crippen LogP) is 3.83. The molecule has 0 saturated heterocycles. The van der Waals surface area contributed by atoms with E-state index in [0.29, 0.717) is 35.6 Å². The second-order valence-corrected chi connectivity index (χ2v) is 7.19. The van der Waals surface area contributed by atoms with E-state index in [0.717, 1.165) is 22.1 Å². The Morgan fingerprint density at radius 1 is 1.00 bits per heavy atom. The van der Waals surface area contributed by atoms with E-state index in [4.69, 9.17) is 11.6 Å². The van der Waals surface area contributed by atoms with Gasteiger partial charge in [0, 0.05) is 30.4 Å². The zero-order valence-electron chi connectivity index (χ0n) is 15.3. The number of hydrogen-bond acceptors (Lipinski definition) is 3. The number of hydrogen-bond donors (Lipinski definition) is 0. The summed E-state index contributed by atoms with van der Waals surface area (Å²) in [5.74, 6) is 0.481. The first-order valence-corrected chi connectivity index (χ1v) is 9.72. The minimum atomic E-state index is -0.0381. The number of alkyl halides is 1. The van der Waals surface area contributed by atoms with Gasteiger partial charge in [-0.05, 0) is 12.5 Å². The maximum absolute atomic E-state index is 13.6. The average Bonchev–Trinajstić information content (AvgIpc) is 3.29. The minimum absolute atomic E-state index is 0.0381. The van der Waals surface area contributed by atoms with Gasteiger partial charge < -0.3 is 4.57 Å². The number of aryl methyl sites for hydroxylation is 2. The topological polar surface area (TPSA) is 57.1 Å². The van der Waals surface area contributed by atoms with E-state index in [1.807, 2.05) is 66.2 Å². The molecule has 0 spiro atoms. The van der Waals surface area contributed by atoms with Gasteiger partial charge in [0.05, 0.1) is 10.9 Å². The van der Waals surface area contributed by atoms with Crippen LogP contribution in [0.4, 0.5) is 0 Å². The highest BCUT2D eigenvalue weighted by Crippen LogP contribution is 2.29. The molecule has 6 nitrogen and oxygen atoms in total. The highest BCUT2D eigenvalue weighted by Gasteiger charge is 2.22. The van der Waals surface area contributed by atoms with E-state index in [1.165, 1.54) is 0 Å². The van der Waals surface area contributed by atoms with Crippen LogP contribution >= 0.6 is 11.6 Å². The number of para-hydroxylation sites is 1. The van der Waals surface area contributed by atoms with E-state index >= 15 is 0 Å². The molecular formula is C21H18ClN5O. The molecule has 0 radical (unpaired) electrons. The Hall–Kier alpha value is -3.12. The molecule has 7 heteroatoms. The molecule has 0 N–H and O–H groups in total. The molecule has 28 heavy (non-hydrogen) atoms. The van der Waals surface area contributed by atoms with Crippen LogP contribution in [-0.4, -0.2) is 29.8 Å². The van der Waals surface area contributed by atoms with Gasteiger partial charge in [-0.1, -0.05) is 53.7 Å². The minimum Gasteiger partial charge on any atom is -0.328 e. The molecule has 0 amide bonds. The second-order valence-electron chi connectivity index (χ2n) is 6.81. The summed E-state index contributed by atoms with van der Waals surface area (Å²) in [6.07, 6.45) is 0.687. The number of rotatable bonds is 4. The standard InChI is InChI=1S/C21H18ClN5O/c1-25-16-11-6-5-10-15(16)17-19(25)27-20(26(21(17)28)13-7-12-22)18(23-24-27)14-8-3-2-4-9-14/h2-6,8-11H,7,12-13H2,1H3. The fourth-order valence-corrected chi connectivity index (χ4v) is 4.06. The van der Waals surface area contributed by atoms with Gasteiger partial charge in [-0.15, -0.1) is 16.7 Å². The SMILES string of the molecule is Cn1c2ccccc2c2c(=O)n(CCCCl)c3c(-c4ccccc4)nnn3c21. The molecule has 0 saturated carbocycles. The van der Waals surface area contributed by atoms with Crippen LogP contribution in [-0.2, 0) is 13.6 Å². The van der Waals surface area contributed by atoms with Crippen LogP contribution in [0.2, 0.25) is 0 Å². The molecule has 0 fully saturated rings. The van der Waals surface area contributed by atoms with E-state index in [9.17, 15) is 4.79 Å². The van der Waals surface area contributed by atoms with Gasteiger partial charge in [0.15, 0.2) is 11.3 Å². The van der Waals surface area contributed by atoms with Gasteiger partial charge in [0.2, 0.25) is 0 Å². The lowest BCUT2D eigenvalue weighted by atomic mass is 10.1. The van der Waals surface area contributed by atoms with Gasteiger partial charge in [-0.25, -0.2) is 0 Å².